The first-order chi connectivity index (χ1) is 9.52. The van der Waals surface area contributed by atoms with Crippen LogP contribution in [0.1, 0.15) is 54.4 Å². The van der Waals surface area contributed by atoms with Crippen molar-refractivity contribution in [2.45, 2.75) is 77.7 Å². The van der Waals surface area contributed by atoms with E-state index in [0.717, 1.165) is 19.4 Å². The van der Waals surface area contributed by atoms with Gasteiger partial charge in [-0.3, -0.25) is 0 Å². The largest absolute Gasteiger partial charge is 0.444 e. The number of methoxy groups -OCH3 is 1. The van der Waals surface area contributed by atoms with Crippen molar-refractivity contribution in [1.82, 2.24) is 10.2 Å². The van der Waals surface area contributed by atoms with Crippen LogP contribution in [0.2, 0.25) is 0 Å². The Kier molecular flexibility index (Phi) is 6.05. The van der Waals surface area contributed by atoms with E-state index in [1.54, 1.807) is 12.0 Å². The van der Waals surface area contributed by atoms with Gasteiger partial charge in [0.15, 0.2) is 0 Å². The van der Waals surface area contributed by atoms with Crippen LogP contribution >= 0.6 is 0 Å². The van der Waals surface area contributed by atoms with Crippen molar-refractivity contribution >= 4 is 6.09 Å². The third-order valence-corrected chi connectivity index (χ3v) is 3.71. The van der Waals surface area contributed by atoms with Gasteiger partial charge in [0.2, 0.25) is 0 Å². The fourth-order valence-electron chi connectivity index (χ4n) is 2.67. The minimum absolute atomic E-state index is 0.129. The first kappa shape index (κ1) is 18.2. The summed E-state index contributed by atoms with van der Waals surface area (Å²) in [5.74, 6) is 0. The fraction of sp³-hybridized carbons (Fsp3) is 0.938. The number of hydrogen-bond acceptors (Lipinski definition) is 4. The number of nitrogens with zero attached hydrogens (tertiary/aromatic N) is 1. The Morgan fingerprint density at radius 2 is 1.95 bits per heavy atom. The summed E-state index contributed by atoms with van der Waals surface area (Å²) in [4.78, 5) is 13.8. The van der Waals surface area contributed by atoms with Crippen LogP contribution in [-0.4, -0.2) is 54.5 Å². The van der Waals surface area contributed by atoms with Gasteiger partial charge in [-0.05, 0) is 54.4 Å². The van der Waals surface area contributed by atoms with Gasteiger partial charge in [0.05, 0.1) is 5.60 Å². The van der Waals surface area contributed by atoms with Gasteiger partial charge >= 0.3 is 6.09 Å². The lowest BCUT2D eigenvalue weighted by Crippen LogP contribution is -2.43. The lowest BCUT2D eigenvalue weighted by Gasteiger charge is -2.29. The van der Waals surface area contributed by atoms with E-state index in [0.29, 0.717) is 18.6 Å². The molecular weight excluding hydrogens is 268 g/mol. The molecule has 1 aliphatic rings. The number of rotatable bonds is 5. The Balaban J connectivity index is 2.39. The zero-order valence-corrected chi connectivity index (χ0v) is 14.7. The van der Waals surface area contributed by atoms with Crippen LogP contribution < -0.4 is 5.32 Å². The summed E-state index contributed by atoms with van der Waals surface area (Å²) in [5, 5.41) is 3.59. The monoisotopic (exact) mass is 300 g/mol. The van der Waals surface area contributed by atoms with E-state index in [4.69, 9.17) is 9.47 Å². The second-order valence-electron chi connectivity index (χ2n) is 7.65. The smallest absolute Gasteiger partial charge is 0.410 e. The van der Waals surface area contributed by atoms with E-state index < -0.39 is 5.60 Å². The molecule has 1 aliphatic heterocycles. The summed E-state index contributed by atoms with van der Waals surface area (Å²) in [7, 11) is 1.74. The zero-order valence-electron chi connectivity index (χ0n) is 14.7. The molecule has 0 saturated carbocycles. The summed E-state index contributed by atoms with van der Waals surface area (Å²) >= 11 is 0. The van der Waals surface area contributed by atoms with Crippen molar-refractivity contribution in [3.8, 4) is 0 Å². The van der Waals surface area contributed by atoms with Crippen molar-refractivity contribution < 1.29 is 14.3 Å². The van der Waals surface area contributed by atoms with Crippen molar-refractivity contribution in [3.63, 3.8) is 0 Å². The second kappa shape index (κ2) is 6.97. The summed E-state index contributed by atoms with van der Waals surface area (Å²) in [6, 6.07) is 0.684. The van der Waals surface area contributed by atoms with Crippen LogP contribution in [0.25, 0.3) is 0 Å². The van der Waals surface area contributed by atoms with Crippen molar-refractivity contribution in [1.29, 1.82) is 0 Å². The third kappa shape index (κ3) is 6.66. The lowest BCUT2D eigenvalue weighted by molar-refractivity contribution is 0.00744. The van der Waals surface area contributed by atoms with Crippen molar-refractivity contribution in [3.05, 3.63) is 0 Å². The van der Waals surface area contributed by atoms with E-state index in [1.807, 2.05) is 20.8 Å². The minimum atomic E-state index is -0.432. The summed E-state index contributed by atoms with van der Waals surface area (Å²) in [6.07, 6.45) is 1.69. The van der Waals surface area contributed by atoms with Gasteiger partial charge in [0, 0.05) is 32.3 Å². The van der Waals surface area contributed by atoms with Crippen LogP contribution in [0.15, 0.2) is 0 Å². The van der Waals surface area contributed by atoms with Gasteiger partial charge in [0.1, 0.15) is 5.60 Å². The Bertz CT molecular complexity index is 350. The van der Waals surface area contributed by atoms with Gasteiger partial charge in [-0.2, -0.15) is 0 Å². The molecule has 5 heteroatoms. The highest BCUT2D eigenvalue weighted by Crippen LogP contribution is 2.19. The number of hydrogen-bond donors (Lipinski definition) is 1. The van der Waals surface area contributed by atoms with Gasteiger partial charge in [-0.1, -0.05) is 0 Å². The first-order valence-electron chi connectivity index (χ1n) is 7.81. The molecule has 1 rings (SSSR count). The van der Waals surface area contributed by atoms with Gasteiger partial charge < -0.3 is 19.7 Å². The Hall–Kier alpha value is -0.810. The van der Waals surface area contributed by atoms with Crippen molar-refractivity contribution in [2.75, 3.05) is 20.2 Å². The second-order valence-corrected chi connectivity index (χ2v) is 7.65. The van der Waals surface area contributed by atoms with Crippen molar-refractivity contribution in [2.24, 2.45) is 0 Å². The molecule has 0 aromatic rings. The standard InChI is InChI=1S/C16H32N2O3/c1-12(10-16(5,6)20-7)17-13-8-9-18(11-13)14(19)21-15(2,3)4/h12-13,17H,8-11H2,1-7H3. The lowest BCUT2D eigenvalue weighted by atomic mass is 9.99. The molecule has 0 bridgehead atoms. The quantitative estimate of drug-likeness (QED) is 0.848. The number of ether oxygens (including phenoxy) is 2. The molecule has 2 unspecified atom stereocenters. The molecule has 0 spiro atoms. The molecule has 0 aromatic heterocycles. The maximum absolute atomic E-state index is 12.0. The van der Waals surface area contributed by atoms with Crippen LogP contribution in [0.5, 0.6) is 0 Å². The third-order valence-electron chi connectivity index (χ3n) is 3.71. The molecule has 0 radical (unpaired) electrons. The predicted molar refractivity (Wildman–Crippen MR) is 84.5 cm³/mol. The van der Waals surface area contributed by atoms with E-state index in [1.165, 1.54) is 0 Å². The van der Waals surface area contributed by atoms with Crippen LogP contribution in [-0.2, 0) is 9.47 Å². The zero-order chi connectivity index (χ0) is 16.3. The van der Waals surface area contributed by atoms with E-state index >= 15 is 0 Å². The molecule has 124 valence electrons. The van der Waals surface area contributed by atoms with E-state index in [9.17, 15) is 4.79 Å². The molecule has 0 aliphatic carbocycles. The molecule has 1 heterocycles. The average molecular weight is 300 g/mol. The summed E-state index contributed by atoms with van der Waals surface area (Å²) < 4.78 is 10.9. The molecule has 5 nitrogen and oxygen atoms in total. The molecule has 1 fully saturated rings. The van der Waals surface area contributed by atoms with Crippen LogP contribution in [0, 0.1) is 0 Å². The highest BCUT2D eigenvalue weighted by molar-refractivity contribution is 5.68. The highest BCUT2D eigenvalue weighted by Gasteiger charge is 2.31. The fourth-order valence-corrected chi connectivity index (χ4v) is 2.67. The number of carbonyl (C=O) groups excluding carboxylic acids is 1. The minimum Gasteiger partial charge on any atom is -0.444 e. The van der Waals surface area contributed by atoms with Crippen LogP contribution in [0.3, 0.4) is 0 Å². The highest BCUT2D eigenvalue weighted by atomic mass is 16.6. The molecule has 1 amide bonds. The van der Waals surface area contributed by atoms with E-state index in [2.05, 4.69) is 26.1 Å². The normalized spacial score (nSPS) is 21.5. The van der Waals surface area contributed by atoms with Gasteiger partial charge in [-0.25, -0.2) is 4.79 Å². The first-order valence-corrected chi connectivity index (χ1v) is 7.81. The SMILES string of the molecule is COC(C)(C)CC(C)NC1CCN(C(=O)OC(C)(C)C)C1. The topological polar surface area (TPSA) is 50.8 Å². The Labute approximate surface area is 129 Å². The van der Waals surface area contributed by atoms with Gasteiger partial charge in [-0.15, -0.1) is 0 Å². The maximum Gasteiger partial charge on any atom is 0.410 e. The Morgan fingerprint density at radius 1 is 1.33 bits per heavy atom. The molecular formula is C16H32N2O3. The van der Waals surface area contributed by atoms with Crippen LogP contribution in [0.4, 0.5) is 4.79 Å². The van der Waals surface area contributed by atoms with E-state index in [-0.39, 0.29) is 11.7 Å². The number of amides is 1. The predicted octanol–water partition coefficient (Wildman–Crippen LogP) is 2.79. The Morgan fingerprint density at radius 3 is 2.48 bits per heavy atom. The molecule has 1 saturated heterocycles. The average Bonchev–Trinajstić information content (AvgIpc) is 2.74. The number of likely N-dealkylation sites (tertiary alicyclic amines) is 1. The molecule has 2 atom stereocenters. The summed E-state index contributed by atoms with van der Waals surface area (Å²) in [6.45, 7) is 13.5. The summed E-state index contributed by atoms with van der Waals surface area (Å²) in [5.41, 5.74) is -0.561. The molecule has 1 N–H and O–H groups in total. The molecule has 0 aromatic carbocycles. The maximum atomic E-state index is 12.0. The molecule has 21 heavy (non-hydrogen) atoms. The number of carbonyl (C=O) groups is 1. The number of nitrogens with one attached hydrogen (secondary N) is 1. The van der Waals surface area contributed by atoms with Gasteiger partial charge in [0.25, 0.3) is 0 Å².